The molecule has 2 aromatic carbocycles. The first kappa shape index (κ1) is 20.5. The fraction of sp³-hybridized carbons (Fsp3) is 0.435. The third kappa shape index (κ3) is 4.27. The highest BCUT2D eigenvalue weighted by molar-refractivity contribution is 5.86. The van der Waals surface area contributed by atoms with Crippen LogP contribution in [-0.4, -0.2) is 62.1 Å². The van der Waals surface area contributed by atoms with Crippen molar-refractivity contribution in [1.29, 1.82) is 0 Å². The quantitative estimate of drug-likeness (QED) is 0.589. The second-order valence-corrected chi connectivity index (χ2v) is 8.14. The summed E-state index contributed by atoms with van der Waals surface area (Å²) in [4.78, 5) is 13.6. The summed E-state index contributed by atoms with van der Waals surface area (Å²) in [6.45, 7) is 3.60. The number of likely N-dealkylation sites (N-methyl/N-ethyl adjacent to an activating group) is 1. The highest BCUT2D eigenvalue weighted by atomic mass is 16.6. The van der Waals surface area contributed by atoms with Crippen LogP contribution in [0.1, 0.15) is 23.1 Å². The number of hydrogen-bond donors (Lipinski definition) is 1. The monoisotopic (exact) mass is 384 g/mol. The molecule has 1 fully saturated rings. The number of rotatable bonds is 7. The van der Waals surface area contributed by atoms with Crippen molar-refractivity contribution in [3.8, 4) is 0 Å². The first-order chi connectivity index (χ1) is 13.4. The maximum Gasteiger partial charge on any atom is 0.348 e. The maximum atomic E-state index is 13.6. The number of quaternary nitrogens is 1. The molecule has 1 saturated heterocycles. The van der Waals surface area contributed by atoms with Crippen LogP contribution in [0.15, 0.2) is 54.6 Å². The van der Waals surface area contributed by atoms with E-state index < -0.39 is 11.6 Å². The summed E-state index contributed by atoms with van der Waals surface area (Å²) in [5, 5.41) is 9.42. The molecule has 2 unspecified atom stereocenters. The molecule has 1 aliphatic rings. The van der Waals surface area contributed by atoms with Crippen LogP contribution in [-0.2, 0) is 19.9 Å². The number of nitrogens with zero attached hydrogens (tertiary/aromatic N) is 1. The number of ether oxygens (including phenoxy) is 2. The molecule has 0 spiro atoms. The number of likely N-dealkylation sites (tertiary alicyclic amines) is 1. The minimum Gasteiger partial charge on any atom is -0.453 e. The van der Waals surface area contributed by atoms with Crippen LogP contribution in [0, 0.1) is 6.92 Å². The molecule has 0 bridgehead atoms. The largest absolute Gasteiger partial charge is 0.453 e. The van der Waals surface area contributed by atoms with E-state index in [1.807, 2.05) is 61.5 Å². The Morgan fingerprint density at radius 1 is 1.11 bits per heavy atom. The van der Waals surface area contributed by atoms with Gasteiger partial charge in [-0.05, 0) is 18.1 Å². The Balaban J connectivity index is 2.03. The number of carbonyl (C=O) groups excluding carboxylic acids is 1. The third-order valence-electron chi connectivity index (χ3n) is 5.36. The van der Waals surface area contributed by atoms with Gasteiger partial charge in [-0.15, -0.1) is 0 Å². The Hall–Kier alpha value is -2.21. The van der Waals surface area contributed by atoms with Crippen LogP contribution in [0.4, 0.5) is 0 Å². The number of benzene rings is 2. The van der Waals surface area contributed by atoms with Crippen LogP contribution >= 0.6 is 0 Å². The van der Waals surface area contributed by atoms with Gasteiger partial charge in [-0.2, -0.15) is 0 Å². The fourth-order valence-electron chi connectivity index (χ4n) is 3.85. The van der Waals surface area contributed by atoms with E-state index in [2.05, 4.69) is 14.1 Å². The van der Waals surface area contributed by atoms with Crippen LogP contribution in [0.25, 0.3) is 0 Å². The van der Waals surface area contributed by atoms with Gasteiger partial charge in [0.05, 0.1) is 33.9 Å². The highest BCUT2D eigenvalue weighted by Crippen LogP contribution is 2.36. The van der Waals surface area contributed by atoms with Gasteiger partial charge < -0.3 is 19.1 Å². The van der Waals surface area contributed by atoms with Crippen molar-refractivity contribution in [1.82, 2.24) is 0 Å². The van der Waals surface area contributed by atoms with Crippen molar-refractivity contribution in [3.63, 3.8) is 0 Å². The maximum absolute atomic E-state index is 13.6. The Morgan fingerprint density at radius 2 is 1.75 bits per heavy atom. The summed E-state index contributed by atoms with van der Waals surface area (Å²) in [6, 6.07) is 17.1. The van der Waals surface area contributed by atoms with Crippen molar-refractivity contribution in [2.75, 3.05) is 40.4 Å². The molecule has 1 aliphatic heterocycles. The van der Waals surface area contributed by atoms with Crippen molar-refractivity contribution < 1.29 is 23.9 Å². The molecule has 5 heteroatoms. The zero-order valence-corrected chi connectivity index (χ0v) is 16.9. The van der Waals surface area contributed by atoms with E-state index in [0.717, 1.165) is 29.6 Å². The first-order valence-electron chi connectivity index (χ1n) is 9.78. The van der Waals surface area contributed by atoms with Gasteiger partial charge in [0.15, 0.2) is 6.10 Å². The lowest BCUT2D eigenvalue weighted by molar-refractivity contribution is -0.879. The van der Waals surface area contributed by atoms with E-state index in [9.17, 15) is 9.90 Å². The van der Waals surface area contributed by atoms with Crippen molar-refractivity contribution in [2.45, 2.75) is 25.0 Å². The molecule has 150 valence electrons. The molecule has 28 heavy (non-hydrogen) atoms. The number of aliphatic hydroxyl groups excluding tert-OH is 1. The molecule has 0 saturated carbocycles. The lowest BCUT2D eigenvalue weighted by Gasteiger charge is -2.33. The molecule has 5 nitrogen and oxygen atoms in total. The normalized spacial score (nSPS) is 20.5. The average molecular weight is 384 g/mol. The Kier molecular flexibility index (Phi) is 6.18. The summed E-state index contributed by atoms with van der Waals surface area (Å²) >= 11 is 0. The predicted molar refractivity (Wildman–Crippen MR) is 108 cm³/mol. The Bertz CT molecular complexity index is 788. The fourth-order valence-corrected chi connectivity index (χ4v) is 3.85. The van der Waals surface area contributed by atoms with E-state index in [0.29, 0.717) is 11.1 Å². The molecule has 3 rings (SSSR count). The topological polar surface area (TPSA) is 55.8 Å². The van der Waals surface area contributed by atoms with Crippen LogP contribution in [0.5, 0.6) is 0 Å². The summed E-state index contributed by atoms with van der Waals surface area (Å²) in [5.41, 5.74) is 1.09. The number of aliphatic hydroxyl groups is 1. The van der Waals surface area contributed by atoms with Crippen molar-refractivity contribution in [3.05, 3.63) is 71.3 Å². The zero-order chi connectivity index (χ0) is 20.2. The number of aryl methyl sites for hydroxylation is 1. The standard InChI is InChI=1S/C23H30NO4/c1-18-9-11-20(12-10-18)23(27-16-15-25,19-7-5-4-6-8-19)22(26)28-21-13-14-24(2,3)17-21/h4-12,21,25H,13-17H2,1-3H3/q+1. The highest BCUT2D eigenvalue weighted by Gasteiger charge is 2.47. The molecule has 1 heterocycles. The smallest absolute Gasteiger partial charge is 0.348 e. The van der Waals surface area contributed by atoms with Crippen LogP contribution in [0.2, 0.25) is 0 Å². The summed E-state index contributed by atoms with van der Waals surface area (Å²) in [6.07, 6.45) is 0.686. The number of hydrogen-bond acceptors (Lipinski definition) is 4. The molecule has 0 radical (unpaired) electrons. The van der Waals surface area contributed by atoms with E-state index >= 15 is 0 Å². The molecular weight excluding hydrogens is 354 g/mol. The van der Waals surface area contributed by atoms with Gasteiger partial charge in [-0.3, -0.25) is 0 Å². The minimum atomic E-state index is -1.41. The molecule has 2 aromatic rings. The third-order valence-corrected chi connectivity index (χ3v) is 5.36. The van der Waals surface area contributed by atoms with E-state index in [4.69, 9.17) is 9.47 Å². The molecule has 1 N–H and O–H groups in total. The van der Waals surface area contributed by atoms with E-state index in [-0.39, 0.29) is 19.3 Å². The second kappa shape index (κ2) is 8.43. The van der Waals surface area contributed by atoms with Gasteiger partial charge >= 0.3 is 5.97 Å². The van der Waals surface area contributed by atoms with Gasteiger partial charge in [-0.1, -0.05) is 60.2 Å². The summed E-state index contributed by atoms with van der Waals surface area (Å²) in [5.74, 6) is -0.428. The number of carbonyl (C=O) groups is 1. The minimum absolute atomic E-state index is 0.0318. The molecule has 0 amide bonds. The Morgan fingerprint density at radius 3 is 2.32 bits per heavy atom. The van der Waals surface area contributed by atoms with Crippen molar-refractivity contribution >= 4 is 5.97 Å². The summed E-state index contributed by atoms with van der Waals surface area (Å²) < 4.78 is 12.9. The van der Waals surface area contributed by atoms with Crippen molar-refractivity contribution in [2.24, 2.45) is 0 Å². The van der Waals surface area contributed by atoms with E-state index in [1.54, 1.807) is 0 Å². The molecule has 2 atom stereocenters. The lowest BCUT2D eigenvalue weighted by Crippen LogP contribution is -2.45. The first-order valence-corrected chi connectivity index (χ1v) is 9.78. The molecule has 0 aliphatic carbocycles. The van der Waals surface area contributed by atoms with Gasteiger partial charge in [0.25, 0.3) is 0 Å². The van der Waals surface area contributed by atoms with Crippen LogP contribution < -0.4 is 0 Å². The zero-order valence-electron chi connectivity index (χ0n) is 16.9. The lowest BCUT2D eigenvalue weighted by atomic mass is 9.85. The van der Waals surface area contributed by atoms with Gasteiger partial charge in [0.2, 0.25) is 5.60 Å². The molecular formula is C23H30NO4+. The van der Waals surface area contributed by atoms with E-state index in [1.165, 1.54) is 0 Å². The summed E-state index contributed by atoms with van der Waals surface area (Å²) in [7, 11) is 4.28. The Labute approximate surface area is 167 Å². The average Bonchev–Trinajstić information content (AvgIpc) is 3.02. The molecule has 0 aromatic heterocycles. The van der Waals surface area contributed by atoms with Gasteiger partial charge in [0, 0.05) is 6.42 Å². The van der Waals surface area contributed by atoms with Gasteiger partial charge in [-0.25, -0.2) is 4.79 Å². The van der Waals surface area contributed by atoms with Crippen LogP contribution in [0.3, 0.4) is 0 Å². The van der Waals surface area contributed by atoms with Gasteiger partial charge in [0.1, 0.15) is 6.54 Å². The SMILES string of the molecule is Cc1ccc(C(OCCO)(C(=O)OC2CC[N+](C)(C)C2)c2ccccc2)cc1. The predicted octanol–water partition coefficient (Wildman–Crippen LogP) is 2.64. The second-order valence-electron chi connectivity index (χ2n) is 8.14. The number of esters is 1.